The van der Waals surface area contributed by atoms with Gasteiger partial charge < -0.3 is 14.8 Å². The van der Waals surface area contributed by atoms with Crippen molar-refractivity contribution in [1.29, 1.82) is 0 Å². The third-order valence-corrected chi connectivity index (χ3v) is 5.45. The molecule has 0 saturated heterocycles. The third-order valence-electron chi connectivity index (χ3n) is 4.08. The van der Waals surface area contributed by atoms with Crippen LogP contribution in [0.1, 0.15) is 6.92 Å². The minimum absolute atomic E-state index is 0.0497. The van der Waals surface area contributed by atoms with E-state index in [1.165, 1.54) is 30.5 Å². The molecular weight excluding hydrogens is 406 g/mol. The number of aromatic nitrogens is 1. The standard InChI is InChI=1S/C21H21N3O5S/c1-15(29-18-10-8-17(28-2)9-11-18)21(25)23-16-6-12-19(13-7-16)30(26,27)24-20-5-3-4-14-22-20/h3-15H,1-2H3,(H,22,24)(H,23,25)/t15-/m1/s1. The largest absolute Gasteiger partial charge is 0.497 e. The predicted octanol–water partition coefficient (Wildman–Crippen LogP) is 3.30. The molecule has 0 aliphatic heterocycles. The highest BCUT2D eigenvalue weighted by Gasteiger charge is 2.17. The van der Waals surface area contributed by atoms with Gasteiger partial charge in [0.05, 0.1) is 12.0 Å². The van der Waals surface area contributed by atoms with Crippen LogP contribution in [0.2, 0.25) is 0 Å². The van der Waals surface area contributed by atoms with Crippen LogP contribution < -0.4 is 19.5 Å². The molecule has 0 bridgehead atoms. The van der Waals surface area contributed by atoms with Gasteiger partial charge in [-0.1, -0.05) is 6.07 Å². The molecule has 0 radical (unpaired) electrons. The first kappa shape index (κ1) is 21.1. The molecule has 3 aromatic rings. The van der Waals surface area contributed by atoms with Gasteiger partial charge in [0.1, 0.15) is 17.3 Å². The lowest BCUT2D eigenvalue weighted by atomic mass is 10.3. The molecule has 0 fully saturated rings. The SMILES string of the molecule is COc1ccc(O[C@H](C)C(=O)Nc2ccc(S(=O)(=O)Nc3ccccn3)cc2)cc1. The van der Waals surface area contributed by atoms with Gasteiger partial charge in [0, 0.05) is 11.9 Å². The molecule has 1 heterocycles. The highest BCUT2D eigenvalue weighted by atomic mass is 32.2. The summed E-state index contributed by atoms with van der Waals surface area (Å²) in [4.78, 5) is 16.4. The van der Waals surface area contributed by atoms with Gasteiger partial charge in [0.25, 0.3) is 15.9 Å². The first-order valence-corrected chi connectivity index (χ1v) is 10.5. The van der Waals surface area contributed by atoms with E-state index >= 15 is 0 Å². The van der Waals surface area contributed by atoms with E-state index in [2.05, 4.69) is 15.0 Å². The molecule has 1 amide bonds. The van der Waals surface area contributed by atoms with Gasteiger partial charge in [-0.05, 0) is 67.6 Å². The second-order valence-corrected chi connectivity index (χ2v) is 7.95. The van der Waals surface area contributed by atoms with Gasteiger partial charge in [-0.3, -0.25) is 9.52 Å². The van der Waals surface area contributed by atoms with Gasteiger partial charge in [0.2, 0.25) is 0 Å². The number of nitrogens with one attached hydrogen (secondary N) is 2. The summed E-state index contributed by atoms with van der Waals surface area (Å²) in [5.41, 5.74) is 0.446. The molecule has 0 spiro atoms. The van der Waals surface area contributed by atoms with Crippen molar-refractivity contribution in [2.24, 2.45) is 0 Å². The average molecular weight is 427 g/mol. The number of methoxy groups -OCH3 is 1. The number of sulfonamides is 1. The van der Waals surface area contributed by atoms with Gasteiger partial charge in [0.15, 0.2) is 6.10 Å². The van der Waals surface area contributed by atoms with Crippen molar-refractivity contribution in [3.63, 3.8) is 0 Å². The fraction of sp³-hybridized carbons (Fsp3) is 0.143. The van der Waals surface area contributed by atoms with E-state index in [9.17, 15) is 13.2 Å². The molecular formula is C21H21N3O5S. The molecule has 156 valence electrons. The van der Waals surface area contributed by atoms with Gasteiger partial charge in [-0.2, -0.15) is 0 Å². The van der Waals surface area contributed by atoms with Crippen molar-refractivity contribution in [3.05, 3.63) is 72.9 Å². The second-order valence-electron chi connectivity index (χ2n) is 6.27. The molecule has 1 aromatic heterocycles. The number of carbonyl (C=O) groups excluding carboxylic acids is 1. The van der Waals surface area contributed by atoms with E-state index < -0.39 is 16.1 Å². The van der Waals surface area contributed by atoms with Gasteiger partial charge in [-0.25, -0.2) is 13.4 Å². The number of nitrogens with zero attached hydrogens (tertiary/aromatic N) is 1. The number of pyridine rings is 1. The summed E-state index contributed by atoms with van der Waals surface area (Å²) in [6.07, 6.45) is 0.735. The van der Waals surface area contributed by atoms with E-state index in [-0.39, 0.29) is 16.6 Å². The number of ether oxygens (including phenoxy) is 2. The predicted molar refractivity (Wildman–Crippen MR) is 113 cm³/mol. The molecule has 0 unspecified atom stereocenters. The van der Waals surface area contributed by atoms with Crippen LogP contribution >= 0.6 is 0 Å². The molecule has 0 saturated carbocycles. The van der Waals surface area contributed by atoms with E-state index in [4.69, 9.17) is 9.47 Å². The van der Waals surface area contributed by atoms with Crippen LogP contribution in [0.3, 0.4) is 0 Å². The normalized spacial score (nSPS) is 11.9. The van der Waals surface area contributed by atoms with Crippen LogP contribution in [0.5, 0.6) is 11.5 Å². The molecule has 8 nitrogen and oxygen atoms in total. The zero-order valence-electron chi connectivity index (χ0n) is 16.4. The Hall–Kier alpha value is -3.59. The maximum atomic E-state index is 12.4. The quantitative estimate of drug-likeness (QED) is 0.571. The van der Waals surface area contributed by atoms with Gasteiger partial charge in [-0.15, -0.1) is 0 Å². The first-order valence-electron chi connectivity index (χ1n) is 9.03. The van der Waals surface area contributed by atoms with Crippen LogP contribution in [0.15, 0.2) is 77.8 Å². The lowest BCUT2D eigenvalue weighted by molar-refractivity contribution is -0.122. The summed E-state index contributed by atoms with van der Waals surface area (Å²) in [6.45, 7) is 1.62. The first-order chi connectivity index (χ1) is 14.4. The molecule has 9 heteroatoms. The average Bonchev–Trinajstić information content (AvgIpc) is 2.75. The number of anilines is 2. The van der Waals surface area contributed by atoms with Crippen molar-refractivity contribution in [2.75, 3.05) is 17.1 Å². The Morgan fingerprint density at radius 3 is 2.23 bits per heavy atom. The third kappa shape index (κ3) is 5.48. The highest BCUT2D eigenvalue weighted by molar-refractivity contribution is 7.92. The zero-order chi connectivity index (χ0) is 21.6. The van der Waals surface area contributed by atoms with E-state index in [0.29, 0.717) is 17.2 Å². The van der Waals surface area contributed by atoms with Gasteiger partial charge >= 0.3 is 0 Å². The van der Waals surface area contributed by atoms with Crippen LogP contribution in [0, 0.1) is 0 Å². The van der Waals surface area contributed by atoms with Crippen LogP contribution in [0.4, 0.5) is 11.5 Å². The Kier molecular flexibility index (Phi) is 6.53. The fourth-order valence-corrected chi connectivity index (χ4v) is 3.50. The van der Waals surface area contributed by atoms with E-state index in [1.807, 2.05) is 0 Å². The summed E-state index contributed by atoms with van der Waals surface area (Å²) in [7, 11) is -2.21. The second kappa shape index (κ2) is 9.27. The lowest BCUT2D eigenvalue weighted by Gasteiger charge is -2.15. The van der Waals surface area contributed by atoms with Crippen molar-refractivity contribution in [3.8, 4) is 11.5 Å². The van der Waals surface area contributed by atoms with Crippen molar-refractivity contribution in [1.82, 2.24) is 4.98 Å². The van der Waals surface area contributed by atoms with Crippen molar-refractivity contribution in [2.45, 2.75) is 17.9 Å². The molecule has 0 aliphatic rings. The minimum atomic E-state index is -3.78. The summed E-state index contributed by atoms with van der Waals surface area (Å²) in [6, 6.07) is 17.6. The summed E-state index contributed by atoms with van der Waals surface area (Å²) >= 11 is 0. The molecule has 1 atom stereocenters. The van der Waals surface area contributed by atoms with Crippen LogP contribution in [-0.2, 0) is 14.8 Å². The topological polar surface area (TPSA) is 107 Å². The van der Waals surface area contributed by atoms with E-state index in [1.54, 1.807) is 56.5 Å². The Bertz CT molecular complexity index is 1090. The Morgan fingerprint density at radius 2 is 1.63 bits per heavy atom. The number of benzene rings is 2. The summed E-state index contributed by atoms with van der Waals surface area (Å²) in [5.74, 6) is 1.07. The molecule has 2 N–H and O–H groups in total. The Labute approximate surface area is 174 Å². The highest BCUT2D eigenvalue weighted by Crippen LogP contribution is 2.20. The number of carbonyl (C=O) groups is 1. The molecule has 0 aliphatic carbocycles. The number of amides is 1. The minimum Gasteiger partial charge on any atom is -0.497 e. The van der Waals surface area contributed by atoms with Crippen LogP contribution in [0.25, 0.3) is 0 Å². The lowest BCUT2D eigenvalue weighted by Crippen LogP contribution is -2.30. The summed E-state index contributed by atoms with van der Waals surface area (Å²) < 4.78 is 37.9. The summed E-state index contributed by atoms with van der Waals surface area (Å²) in [5, 5.41) is 2.70. The zero-order valence-corrected chi connectivity index (χ0v) is 17.2. The van der Waals surface area contributed by atoms with Crippen molar-refractivity contribution >= 4 is 27.4 Å². The maximum absolute atomic E-state index is 12.4. The van der Waals surface area contributed by atoms with E-state index in [0.717, 1.165) is 0 Å². The fourth-order valence-electron chi connectivity index (χ4n) is 2.49. The smallest absolute Gasteiger partial charge is 0.265 e. The molecule has 2 aromatic carbocycles. The molecule has 30 heavy (non-hydrogen) atoms. The van der Waals surface area contributed by atoms with Crippen LogP contribution in [-0.4, -0.2) is 32.5 Å². The number of hydrogen-bond acceptors (Lipinski definition) is 6. The monoisotopic (exact) mass is 427 g/mol. The maximum Gasteiger partial charge on any atom is 0.265 e. The van der Waals surface area contributed by atoms with Crippen molar-refractivity contribution < 1.29 is 22.7 Å². The Morgan fingerprint density at radius 1 is 0.967 bits per heavy atom. The number of rotatable bonds is 8. The number of hydrogen-bond donors (Lipinski definition) is 2. The molecule has 3 rings (SSSR count). The Balaban J connectivity index is 1.60.